The van der Waals surface area contributed by atoms with Gasteiger partial charge in [-0.2, -0.15) is 0 Å². The van der Waals surface area contributed by atoms with Crippen molar-refractivity contribution in [3.63, 3.8) is 0 Å². The second-order valence-corrected chi connectivity index (χ2v) is 6.96. The van der Waals surface area contributed by atoms with E-state index in [0.717, 1.165) is 11.3 Å². The first-order valence-electron chi connectivity index (χ1n) is 8.00. The molecule has 0 fully saturated rings. The van der Waals surface area contributed by atoms with E-state index in [0.29, 0.717) is 35.2 Å². The number of carbonyl (C=O) groups excluding carboxylic acids is 2. The lowest BCUT2D eigenvalue weighted by Crippen LogP contribution is -2.23. The lowest BCUT2D eigenvalue weighted by atomic mass is 10.1. The number of hydrogen-bond acceptors (Lipinski definition) is 4. The molecule has 7 heteroatoms. The highest BCUT2D eigenvalue weighted by Gasteiger charge is 2.14. The minimum atomic E-state index is -0.294. The molecule has 0 atom stereocenters. The molecule has 0 aliphatic carbocycles. The van der Waals surface area contributed by atoms with E-state index in [2.05, 4.69) is 10.6 Å². The highest BCUT2D eigenvalue weighted by molar-refractivity contribution is 8.02. The standard InChI is InChI=1S/C19H17ClN2O3S/c20-15-5-1-13(2-6-15)11-21-18(23)14-3-7-16(8-4-14)22-19(24)17-12-26-10-9-25-17/h1-8,12H,9-11H2,(H,21,23)(H,22,24). The lowest BCUT2D eigenvalue weighted by molar-refractivity contribution is -0.116. The summed E-state index contributed by atoms with van der Waals surface area (Å²) in [5.41, 5.74) is 2.08. The van der Waals surface area contributed by atoms with E-state index in [1.807, 2.05) is 12.1 Å². The van der Waals surface area contributed by atoms with Crippen molar-refractivity contribution in [3.05, 3.63) is 75.8 Å². The zero-order valence-corrected chi connectivity index (χ0v) is 15.4. The number of nitrogens with one attached hydrogen (secondary N) is 2. The Morgan fingerprint density at radius 1 is 1.04 bits per heavy atom. The molecule has 5 nitrogen and oxygen atoms in total. The molecule has 2 amide bonds. The van der Waals surface area contributed by atoms with Gasteiger partial charge in [0.1, 0.15) is 0 Å². The van der Waals surface area contributed by atoms with Crippen molar-refractivity contribution in [3.8, 4) is 0 Å². The van der Waals surface area contributed by atoms with Crippen LogP contribution in [0.1, 0.15) is 15.9 Å². The molecule has 0 bridgehead atoms. The quantitative estimate of drug-likeness (QED) is 0.817. The number of rotatable bonds is 5. The van der Waals surface area contributed by atoms with Crippen LogP contribution in [0.3, 0.4) is 0 Å². The Balaban J connectivity index is 1.54. The van der Waals surface area contributed by atoms with Crippen LogP contribution in [0.4, 0.5) is 5.69 Å². The van der Waals surface area contributed by atoms with Crippen LogP contribution in [0.15, 0.2) is 59.7 Å². The summed E-state index contributed by atoms with van der Waals surface area (Å²) >= 11 is 7.39. The van der Waals surface area contributed by atoms with E-state index >= 15 is 0 Å². The molecular weight excluding hydrogens is 372 g/mol. The SMILES string of the molecule is O=C(Nc1ccc(C(=O)NCc2ccc(Cl)cc2)cc1)C1=CSCCO1. The van der Waals surface area contributed by atoms with Crippen LogP contribution in [-0.2, 0) is 16.1 Å². The molecule has 0 radical (unpaired) electrons. The molecule has 0 unspecified atom stereocenters. The molecule has 3 rings (SSSR count). The zero-order chi connectivity index (χ0) is 18.4. The first-order valence-corrected chi connectivity index (χ1v) is 9.43. The van der Waals surface area contributed by atoms with Gasteiger partial charge >= 0.3 is 0 Å². The largest absolute Gasteiger partial charge is 0.487 e. The van der Waals surface area contributed by atoms with Crippen molar-refractivity contribution < 1.29 is 14.3 Å². The summed E-state index contributed by atoms with van der Waals surface area (Å²) in [6.07, 6.45) is 0. The van der Waals surface area contributed by atoms with Crippen LogP contribution in [0.2, 0.25) is 5.02 Å². The Bertz CT molecular complexity index is 820. The number of hydrogen-bond donors (Lipinski definition) is 2. The predicted octanol–water partition coefficient (Wildman–Crippen LogP) is 3.81. The Labute approximate surface area is 160 Å². The van der Waals surface area contributed by atoms with Gasteiger partial charge in [-0.05, 0) is 42.0 Å². The van der Waals surface area contributed by atoms with Gasteiger partial charge in [0.25, 0.3) is 11.8 Å². The van der Waals surface area contributed by atoms with Crippen molar-refractivity contribution in [2.75, 3.05) is 17.7 Å². The molecule has 0 saturated carbocycles. The molecule has 1 aliphatic rings. The first-order chi connectivity index (χ1) is 12.6. The van der Waals surface area contributed by atoms with E-state index in [-0.39, 0.29) is 11.8 Å². The summed E-state index contributed by atoms with van der Waals surface area (Å²) in [6, 6.07) is 14.0. The van der Waals surface area contributed by atoms with Gasteiger partial charge in [-0.25, -0.2) is 0 Å². The van der Waals surface area contributed by atoms with E-state index in [1.54, 1.807) is 53.6 Å². The normalized spacial score (nSPS) is 13.3. The molecule has 134 valence electrons. The molecule has 1 heterocycles. The molecule has 0 saturated heterocycles. The minimum Gasteiger partial charge on any atom is -0.487 e. The summed E-state index contributed by atoms with van der Waals surface area (Å²) < 4.78 is 5.31. The van der Waals surface area contributed by atoms with Crippen LogP contribution in [0.25, 0.3) is 0 Å². The van der Waals surface area contributed by atoms with Crippen molar-refractivity contribution in [1.82, 2.24) is 5.32 Å². The summed E-state index contributed by atoms with van der Waals surface area (Å²) in [5.74, 6) is 0.673. The third kappa shape index (κ3) is 5.03. The minimum absolute atomic E-state index is 0.187. The van der Waals surface area contributed by atoms with Crippen LogP contribution >= 0.6 is 23.4 Å². The summed E-state index contributed by atoms with van der Waals surface area (Å²) in [7, 11) is 0. The Hall–Kier alpha value is -2.44. The second-order valence-electron chi connectivity index (χ2n) is 5.54. The molecule has 26 heavy (non-hydrogen) atoms. The number of carbonyl (C=O) groups is 2. The van der Waals surface area contributed by atoms with Crippen molar-refractivity contribution in [2.24, 2.45) is 0 Å². The Morgan fingerprint density at radius 2 is 1.77 bits per heavy atom. The zero-order valence-electron chi connectivity index (χ0n) is 13.8. The lowest BCUT2D eigenvalue weighted by Gasteiger charge is -2.14. The van der Waals surface area contributed by atoms with Crippen molar-refractivity contribution in [1.29, 1.82) is 0 Å². The maximum absolute atomic E-state index is 12.2. The van der Waals surface area contributed by atoms with Gasteiger partial charge in [0, 0.05) is 34.0 Å². The number of anilines is 1. The van der Waals surface area contributed by atoms with Gasteiger partial charge in [0.2, 0.25) is 0 Å². The number of thioether (sulfide) groups is 1. The van der Waals surface area contributed by atoms with Crippen LogP contribution < -0.4 is 10.6 Å². The topological polar surface area (TPSA) is 67.4 Å². The van der Waals surface area contributed by atoms with Gasteiger partial charge < -0.3 is 15.4 Å². The van der Waals surface area contributed by atoms with Crippen LogP contribution in [0.5, 0.6) is 0 Å². The number of benzene rings is 2. The summed E-state index contributed by atoms with van der Waals surface area (Å²) in [6.45, 7) is 0.939. The number of amides is 2. The van der Waals surface area contributed by atoms with Gasteiger partial charge in [0.15, 0.2) is 5.76 Å². The van der Waals surface area contributed by atoms with Crippen LogP contribution in [-0.4, -0.2) is 24.2 Å². The summed E-state index contributed by atoms with van der Waals surface area (Å²) in [4.78, 5) is 24.3. The molecule has 2 aromatic rings. The van der Waals surface area contributed by atoms with Crippen molar-refractivity contribution in [2.45, 2.75) is 6.54 Å². The summed E-state index contributed by atoms with van der Waals surface area (Å²) in [5, 5.41) is 7.96. The third-order valence-electron chi connectivity index (χ3n) is 3.64. The molecular formula is C19H17ClN2O3S. The number of halogens is 1. The van der Waals surface area contributed by atoms with Gasteiger partial charge in [-0.3, -0.25) is 9.59 Å². The fourth-order valence-corrected chi connectivity index (χ4v) is 3.02. The second kappa shape index (κ2) is 8.78. The fraction of sp³-hybridized carbons (Fsp3) is 0.158. The highest BCUT2D eigenvalue weighted by atomic mass is 35.5. The smallest absolute Gasteiger partial charge is 0.291 e. The van der Waals surface area contributed by atoms with Crippen LogP contribution in [0, 0.1) is 0 Å². The first kappa shape index (κ1) is 18.4. The predicted molar refractivity (Wildman–Crippen MR) is 104 cm³/mol. The maximum atomic E-state index is 12.2. The maximum Gasteiger partial charge on any atom is 0.291 e. The molecule has 2 N–H and O–H groups in total. The van der Waals surface area contributed by atoms with Gasteiger partial charge in [-0.1, -0.05) is 23.7 Å². The monoisotopic (exact) mass is 388 g/mol. The molecule has 1 aliphatic heterocycles. The Kier molecular flexibility index (Phi) is 6.20. The van der Waals surface area contributed by atoms with E-state index in [9.17, 15) is 9.59 Å². The average Bonchev–Trinajstić information content (AvgIpc) is 2.68. The third-order valence-corrected chi connectivity index (χ3v) is 4.68. The molecule has 0 aromatic heterocycles. The Morgan fingerprint density at radius 3 is 2.42 bits per heavy atom. The van der Waals surface area contributed by atoms with Crippen molar-refractivity contribution >= 4 is 40.9 Å². The van der Waals surface area contributed by atoms with E-state index < -0.39 is 0 Å². The average molecular weight is 389 g/mol. The molecule has 2 aromatic carbocycles. The molecule has 0 spiro atoms. The van der Waals surface area contributed by atoms with E-state index in [1.165, 1.54) is 0 Å². The van der Waals surface area contributed by atoms with Gasteiger partial charge in [-0.15, -0.1) is 11.8 Å². The highest BCUT2D eigenvalue weighted by Crippen LogP contribution is 2.17. The fourth-order valence-electron chi connectivity index (χ4n) is 2.27. The number of ether oxygens (including phenoxy) is 1. The van der Waals surface area contributed by atoms with Gasteiger partial charge in [0.05, 0.1) is 6.61 Å². The van der Waals surface area contributed by atoms with E-state index in [4.69, 9.17) is 16.3 Å².